The van der Waals surface area contributed by atoms with Crippen molar-refractivity contribution >= 4 is 15.9 Å². The summed E-state index contributed by atoms with van der Waals surface area (Å²) < 4.78 is 27.6. The zero-order valence-corrected chi connectivity index (χ0v) is 11.8. The number of benzene rings is 2. The number of aryl methyl sites for hydroxylation is 1. The summed E-state index contributed by atoms with van der Waals surface area (Å²) in [6.45, 7) is 1.68. The van der Waals surface area contributed by atoms with Gasteiger partial charge in [-0.2, -0.15) is 0 Å². The van der Waals surface area contributed by atoms with Crippen molar-refractivity contribution in [2.75, 3.05) is 0 Å². The predicted molar refractivity (Wildman–Crippen MR) is 74.4 cm³/mol. The van der Waals surface area contributed by atoms with Crippen molar-refractivity contribution in [1.29, 1.82) is 0 Å². The van der Waals surface area contributed by atoms with Gasteiger partial charge in [-0.15, -0.1) is 0 Å². The van der Waals surface area contributed by atoms with Crippen LogP contribution in [-0.2, 0) is 0 Å². The molecule has 0 spiro atoms. The summed E-state index contributed by atoms with van der Waals surface area (Å²) in [4.78, 5) is 0. The van der Waals surface area contributed by atoms with Crippen LogP contribution in [0.25, 0.3) is 0 Å². The third kappa shape index (κ3) is 3.18. The van der Waals surface area contributed by atoms with Gasteiger partial charge < -0.3 is 0 Å². The van der Waals surface area contributed by atoms with Gasteiger partial charge >= 0.3 is 0 Å². The second-order valence-electron chi connectivity index (χ2n) is 4.31. The van der Waals surface area contributed by atoms with Crippen LogP contribution >= 0.6 is 15.9 Å². The van der Waals surface area contributed by atoms with E-state index in [-0.39, 0.29) is 11.6 Å². The van der Waals surface area contributed by atoms with Crippen LogP contribution in [0.3, 0.4) is 0 Å². The number of halogens is 3. The Bertz CT molecular complexity index is 582. The summed E-state index contributed by atoms with van der Waals surface area (Å²) in [7, 11) is 0. The van der Waals surface area contributed by atoms with Crippen molar-refractivity contribution in [2.24, 2.45) is 5.84 Å². The van der Waals surface area contributed by atoms with Crippen molar-refractivity contribution in [3.63, 3.8) is 0 Å². The SMILES string of the molecule is Cc1ccc(C(NN)c2cc(F)cc(Br)c2)cc1F. The van der Waals surface area contributed by atoms with Gasteiger partial charge in [0.15, 0.2) is 0 Å². The monoisotopic (exact) mass is 326 g/mol. The lowest BCUT2D eigenvalue weighted by Gasteiger charge is -2.18. The Morgan fingerprint density at radius 3 is 2.42 bits per heavy atom. The quantitative estimate of drug-likeness (QED) is 0.668. The summed E-state index contributed by atoms with van der Waals surface area (Å²) >= 11 is 3.23. The van der Waals surface area contributed by atoms with Crippen LogP contribution in [-0.4, -0.2) is 0 Å². The van der Waals surface area contributed by atoms with E-state index in [4.69, 9.17) is 5.84 Å². The topological polar surface area (TPSA) is 38.0 Å². The maximum absolute atomic E-state index is 13.6. The van der Waals surface area contributed by atoms with Crippen molar-refractivity contribution < 1.29 is 8.78 Å². The maximum atomic E-state index is 13.6. The smallest absolute Gasteiger partial charge is 0.126 e. The number of hydrazine groups is 1. The molecule has 0 aliphatic heterocycles. The fourth-order valence-electron chi connectivity index (χ4n) is 1.92. The first-order chi connectivity index (χ1) is 9.01. The highest BCUT2D eigenvalue weighted by atomic mass is 79.9. The number of nitrogens with one attached hydrogen (secondary N) is 1. The molecule has 0 radical (unpaired) electrons. The molecule has 0 aromatic heterocycles. The highest BCUT2D eigenvalue weighted by molar-refractivity contribution is 9.10. The summed E-state index contributed by atoms with van der Waals surface area (Å²) in [5.41, 5.74) is 4.40. The van der Waals surface area contributed by atoms with Gasteiger partial charge in [0.1, 0.15) is 11.6 Å². The maximum Gasteiger partial charge on any atom is 0.126 e. The van der Waals surface area contributed by atoms with Gasteiger partial charge in [-0.3, -0.25) is 5.84 Å². The Balaban J connectivity index is 2.46. The first-order valence-electron chi connectivity index (χ1n) is 5.69. The molecule has 19 heavy (non-hydrogen) atoms. The molecule has 0 fully saturated rings. The first-order valence-corrected chi connectivity index (χ1v) is 6.48. The summed E-state index contributed by atoms with van der Waals surface area (Å²) in [5.74, 6) is 4.83. The van der Waals surface area contributed by atoms with Gasteiger partial charge in [0.05, 0.1) is 6.04 Å². The van der Waals surface area contributed by atoms with E-state index in [2.05, 4.69) is 21.4 Å². The Hall–Kier alpha value is -1.30. The van der Waals surface area contributed by atoms with Crippen molar-refractivity contribution in [1.82, 2.24) is 5.43 Å². The Kier molecular flexibility index (Phi) is 4.29. The van der Waals surface area contributed by atoms with Gasteiger partial charge in [-0.25, -0.2) is 14.2 Å². The zero-order chi connectivity index (χ0) is 14.0. The van der Waals surface area contributed by atoms with Gasteiger partial charge in [0.25, 0.3) is 0 Å². The molecule has 5 heteroatoms. The van der Waals surface area contributed by atoms with Crippen LogP contribution in [0, 0.1) is 18.6 Å². The van der Waals surface area contributed by atoms with Gasteiger partial charge in [0, 0.05) is 4.47 Å². The highest BCUT2D eigenvalue weighted by Gasteiger charge is 2.15. The molecule has 2 aromatic rings. The predicted octanol–water partition coefficient (Wildman–Crippen LogP) is 3.59. The second kappa shape index (κ2) is 5.77. The number of hydrogen-bond acceptors (Lipinski definition) is 2. The fraction of sp³-hybridized carbons (Fsp3) is 0.143. The third-order valence-electron chi connectivity index (χ3n) is 2.91. The molecule has 0 saturated carbocycles. The van der Waals surface area contributed by atoms with Gasteiger partial charge in [-0.05, 0) is 47.9 Å². The average molecular weight is 327 g/mol. The van der Waals surface area contributed by atoms with E-state index in [1.807, 2.05) is 0 Å². The average Bonchev–Trinajstić information content (AvgIpc) is 2.33. The van der Waals surface area contributed by atoms with Crippen LogP contribution in [0.15, 0.2) is 40.9 Å². The molecule has 2 aromatic carbocycles. The third-order valence-corrected chi connectivity index (χ3v) is 3.37. The molecule has 100 valence electrons. The minimum Gasteiger partial charge on any atom is -0.271 e. The van der Waals surface area contributed by atoms with Crippen LogP contribution in [0.2, 0.25) is 0 Å². The van der Waals surface area contributed by atoms with Gasteiger partial charge in [-0.1, -0.05) is 28.1 Å². The lowest BCUT2D eigenvalue weighted by Crippen LogP contribution is -2.29. The molecule has 1 unspecified atom stereocenters. The van der Waals surface area contributed by atoms with E-state index in [9.17, 15) is 8.78 Å². The van der Waals surface area contributed by atoms with Crippen LogP contribution in [0.1, 0.15) is 22.7 Å². The zero-order valence-electron chi connectivity index (χ0n) is 10.3. The normalized spacial score (nSPS) is 12.5. The molecule has 3 N–H and O–H groups in total. The van der Waals surface area contributed by atoms with E-state index >= 15 is 0 Å². The molecular weight excluding hydrogens is 314 g/mol. The standard InChI is InChI=1S/C14H13BrF2N2/c1-8-2-3-9(6-13(8)17)14(19-18)10-4-11(15)7-12(16)5-10/h2-7,14,19H,18H2,1H3. The molecule has 1 atom stereocenters. The second-order valence-corrected chi connectivity index (χ2v) is 5.23. The van der Waals surface area contributed by atoms with E-state index < -0.39 is 6.04 Å². The van der Waals surface area contributed by atoms with Crippen molar-refractivity contribution in [2.45, 2.75) is 13.0 Å². The van der Waals surface area contributed by atoms with E-state index in [0.29, 0.717) is 21.2 Å². The Morgan fingerprint density at radius 2 is 1.84 bits per heavy atom. The lowest BCUT2D eigenvalue weighted by molar-refractivity contribution is 0.591. The van der Waals surface area contributed by atoms with E-state index in [1.54, 1.807) is 25.1 Å². The largest absolute Gasteiger partial charge is 0.271 e. The molecule has 2 rings (SSSR count). The molecule has 0 saturated heterocycles. The van der Waals surface area contributed by atoms with Crippen LogP contribution in [0.4, 0.5) is 8.78 Å². The molecule has 0 bridgehead atoms. The molecular formula is C14H13BrF2N2. The minimum absolute atomic E-state index is 0.312. The molecule has 0 heterocycles. The molecule has 0 aliphatic rings. The molecule has 0 aliphatic carbocycles. The number of hydrogen-bond donors (Lipinski definition) is 2. The summed E-state index contributed by atoms with van der Waals surface area (Å²) in [6, 6.07) is 8.83. The molecule has 0 amide bonds. The Morgan fingerprint density at radius 1 is 1.11 bits per heavy atom. The minimum atomic E-state index is -0.470. The van der Waals surface area contributed by atoms with Crippen molar-refractivity contribution in [3.05, 3.63) is 69.2 Å². The number of nitrogens with two attached hydrogens (primary N) is 1. The van der Waals surface area contributed by atoms with E-state index in [0.717, 1.165) is 0 Å². The molecule has 2 nitrogen and oxygen atoms in total. The summed E-state index contributed by atoms with van der Waals surface area (Å²) in [5, 5.41) is 0. The lowest BCUT2D eigenvalue weighted by atomic mass is 9.98. The number of rotatable bonds is 3. The van der Waals surface area contributed by atoms with E-state index in [1.165, 1.54) is 18.2 Å². The Labute approximate surface area is 118 Å². The fourth-order valence-corrected chi connectivity index (χ4v) is 2.40. The van der Waals surface area contributed by atoms with Crippen LogP contribution in [0.5, 0.6) is 0 Å². The summed E-state index contributed by atoms with van der Waals surface area (Å²) in [6.07, 6.45) is 0. The first kappa shape index (κ1) is 14.1. The van der Waals surface area contributed by atoms with Crippen molar-refractivity contribution in [3.8, 4) is 0 Å². The van der Waals surface area contributed by atoms with Crippen LogP contribution < -0.4 is 11.3 Å². The highest BCUT2D eigenvalue weighted by Crippen LogP contribution is 2.26. The van der Waals surface area contributed by atoms with Gasteiger partial charge in [0.2, 0.25) is 0 Å².